The first-order valence-electron chi connectivity index (χ1n) is 25.3. The molecule has 6 aromatic carbocycles. The van der Waals surface area contributed by atoms with Gasteiger partial charge in [0.25, 0.3) is 6.71 Å². The highest BCUT2D eigenvalue weighted by Crippen LogP contribution is 2.61. The van der Waals surface area contributed by atoms with E-state index in [-0.39, 0.29) is 33.9 Å². The van der Waals surface area contributed by atoms with E-state index in [0.29, 0.717) is 0 Å². The van der Waals surface area contributed by atoms with Crippen molar-refractivity contribution >= 4 is 68.6 Å². The van der Waals surface area contributed by atoms with E-state index in [4.69, 9.17) is 4.98 Å². The zero-order valence-corrected chi connectivity index (χ0v) is 42.9. The fourth-order valence-electron chi connectivity index (χ4n) is 12.6. The summed E-state index contributed by atoms with van der Waals surface area (Å²) in [5, 5.41) is 0. The van der Waals surface area contributed by atoms with Gasteiger partial charge in [-0.1, -0.05) is 137 Å². The van der Waals surface area contributed by atoms with Gasteiger partial charge in [-0.05, 0) is 172 Å². The second kappa shape index (κ2) is 15.2. The standard InChI is InChI=1S/C63H69BN4/c1-40-34-56-58-57(35-40)67(52-29-22-44(36-41(52)2)60(6,7)8)54-30-23-45(61(9,10)11)38-50(54)64(58)49-27-26-47(39-55(49)66(56)46-24-20-43(21-25-46)59(3,4)5)68-53-28-19-42(51-18-14-17-33-65-51)37-48(53)62(12)31-15-16-32-63(62,68)13/h14,17-30,33-39H,15-16,31-32H2,1-13H3. The molecule has 1 aromatic heterocycles. The third kappa shape index (κ3) is 6.73. The smallest absolute Gasteiger partial charge is 0.252 e. The summed E-state index contributed by atoms with van der Waals surface area (Å²) in [6.07, 6.45) is 6.67. The van der Waals surface area contributed by atoms with Crippen LogP contribution in [-0.4, -0.2) is 17.2 Å². The van der Waals surface area contributed by atoms with Crippen LogP contribution in [0.5, 0.6) is 0 Å². The van der Waals surface area contributed by atoms with Crippen LogP contribution in [0.1, 0.15) is 135 Å². The molecule has 4 nitrogen and oxygen atoms in total. The maximum absolute atomic E-state index is 4.80. The molecule has 1 saturated carbocycles. The van der Waals surface area contributed by atoms with Crippen molar-refractivity contribution in [3.05, 3.63) is 167 Å². The molecular formula is C63H69BN4. The second-order valence-electron chi connectivity index (χ2n) is 24.2. The van der Waals surface area contributed by atoms with Crippen molar-refractivity contribution in [3.63, 3.8) is 0 Å². The largest absolute Gasteiger partial charge is 0.334 e. The number of aromatic nitrogens is 1. The van der Waals surface area contributed by atoms with Crippen LogP contribution in [0.15, 0.2) is 134 Å². The molecule has 11 rings (SSSR count). The van der Waals surface area contributed by atoms with Gasteiger partial charge in [0, 0.05) is 62.7 Å². The second-order valence-corrected chi connectivity index (χ2v) is 24.2. The fourth-order valence-corrected chi connectivity index (χ4v) is 12.6. The molecule has 0 bridgehead atoms. The molecule has 4 aliphatic rings. The third-order valence-electron chi connectivity index (χ3n) is 16.7. The number of anilines is 8. The Morgan fingerprint density at radius 3 is 1.79 bits per heavy atom. The van der Waals surface area contributed by atoms with E-state index in [2.05, 4.69) is 226 Å². The highest BCUT2D eigenvalue weighted by atomic mass is 15.3. The monoisotopic (exact) mass is 893 g/mol. The van der Waals surface area contributed by atoms with Crippen molar-refractivity contribution in [1.29, 1.82) is 0 Å². The maximum Gasteiger partial charge on any atom is 0.252 e. The molecule has 0 N–H and O–H groups in total. The van der Waals surface area contributed by atoms with Crippen LogP contribution in [-0.2, 0) is 21.7 Å². The van der Waals surface area contributed by atoms with Crippen molar-refractivity contribution < 1.29 is 0 Å². The topological polar surface area (TPSA) is 22.6 Å². The minimum atomic E-state index is -0.111. The van der Waals surface area contributed by atoms with E-state index in [1.54, 1.807) is 0 Å². The Balaban J connectivity index is 1.18. The number of aryl methyl sites for hydroxylation is 2. The summed E-state index contributed by atoms with van der Waals surface area (Å²) in [5.41, 5.74) is 24.3. The summed E-state index contributed by atoms with van der Waals surface area (Å²) in [4.78, 5) is 12.8. The lowest BCUT2D eigenvalue weighted by molar-refractivity contribution is 0.195. The number of pyridine rings is 1. The first-order valence-corrected chi connectivity index (χ1v) is 25.3. The van der Waals surface area contributed by atoms with E-state index in [9.17, 15) is 0 Å². The van der Waals surface area contributed by atoms with Gasteiger partial charge in [-0.2, -0.15) is 0 Å². The average Bonchev–Trinajstić information content (AvgIpc) is 3.50. The number of benzene rings is 6. The van der Waals surface area contributed by atoms with Crippen LogP contribution in [0.4, 0.5) is 45.5 Å². The van der Waals surface area contributed by atoms with Gasteiger partial charge in [-0.3, -0.25) is 4.98 Å². The molecule has 1 aliphatic carbocycles. The van der Waals surface area contributed by atoms with E-state index in [1.165, 1.54) is 114 Å². The summed E-state index contributed by atoms with van der Waals surface area (Å²) in [7, 11) is 0. The molecule has 0 saturated heterocycles. The predicted octanol–water partition coefficient (Wildman–Crippen LogP) is 15.1. The summed E-state index contributed by atoms with van der Waals surface area (Å²) < 4.78 is 0. The van der Waals surface area contributed by atoms with Crippen LogP contribution < -0.4 is 31.1 Å². The molecule has 3 aliphatic heterocycles. The number of hydrogen-bond donors (Lipinski definition) is 0. The van der Waals surface area contributed by atoms with Gasteiger partial charge in [0.1, 0.15) is 0 Å². The van der Waals surface area contributed by atoms with Crippen molar-refractivity contribution in [2.75, 3.05) is 14.7 Å². The lowest BCUT2D eigenvalue weighted by Gasteiger charge is -2.50. The van der Waals surface area contributed by atoms with Crippen molar-refractivity contribution in [3.8, 4) is 11.3 Å². The van der Waals surface area contributed by atoms with Gasteiger partial charge < -0.3 is 14.7 Å². The third-order valence-corrected chi connectivity index (χ3v) is 16.7. The van der Waals surface area contributed by atoms with Crippen LogP contribution in [0.25, 0.3) is 11.3 Å². The van der Waals surface area contributed by atoms with E-state index in [1.807, 2.05) is 12.3 Å². The lowest BCUT2D eigenvalue weighted by atomic mass is 9.33. The number of fused-ring (bicyclic) bond motifs is 7. The van der Waals surface area contributed by atoms with Crippen LogP contribution >= 0.6 is 0 Å². The van der Waals surface area contributed by atoms with E-state index < -0.39 is 0 Å². The minimum Gasteiger partial charge on any atom is -0.334 e. The molecule has 68 heavy (non-hydrogen) atoms. The minimum absolute atomic E-state index is 0.0234. The first kappa shape index (κ1) is 44.4. The number of nitrogens with zero attached hydrogens (tertiary/aromatic N) is 4. The van der Waals surface area contributed by atoms with Gasteiger partial charge in [0.15, 0.2) is 0 Å². The van der Waals surface area contributed by atoms with E-state index in [0.717, 1.165) is 18.5 Å². The molecule has 344 valence electrons. The summed E-state index contributed by atoms with van der Waals surface area (Å²) in [6.45, 7) is 30.6. The number of rotatable bonds is 4. The quantitative estimate of drug-likeness (QED) is 0.164. The normalized spacial score (nSPS) is 19.6. The maximum atomic E-state index is 4.80. The Morgan fingerprint density at radius 1 is 0.515 bits per heavy atom. The fraction of sp³-hybridized carbons (Fsp3) is 0.349. The molecule has 0 spiro atoms. The van der Waals surface area contributed by atoms with Crippen molar-refractivity contribution in [2.45, 2.75) is 143 Å². The van der Waals surface area contributed by atoms with Crippen LogP contribution in [0.3, 0.4) is 0 Å². The van der Waals surface area contributed by atoms with E-state index >= 15 is 0 Å². The molecule has 0 amide bonds. The highest BCUT2D eigenvalue weighted by molar-refractivity contribution is 7.00. The van der Waals surface area contributed by atoms with Gasteiger partial charge in [0.2, 0.25) is 0 Å². The Kier molecular flexibility index (Phi) is 9.95. The zero-order valence-electron chi connectivity index (χ0n) is 42.9. The SMILES string of the molecule is Cc1cc2c3c(c1)N(c1ccc(C(C)(C)C)cc1C)c1ccc(C(C)(C)C)cc1B3c1ccc(N3c4ccc(-c5ccccn5)cc4C4(C)CCCCC34C)cc1N2c1ccc(C(C)(C)C)cc1. The molecule has 2 unspecified atom stereocenters. The summed E-state index contributed by atoms with van der Waals surface area (Å²) in [6, 6.07) is 49.9. The lowest BCUT2D eigenvalue weighted by Crippen LogP contribution is -2.61. The molecule has 5 heteroatoms. The molecular weight excluding hydrogens is 824 g/mol. The summed E-state index contributed by atoms with van der Waals surface area (Å²) >= 11 is 0. The molecule has 1 fully saturated rings. The first-order chi connectivity index (χ1) is 32.2. The highest BCUT2D eigenvalue weighted by Gasteiger charge is 2.58. The Hall–Kier alpha value is -6.07. The van der Waals surface area contributed by atoms with Gasteiger partial charge >= 0.3 is 0 Å². The van der Waals surface area contributed by atoms with Crippen molar-refractivity contribution in [2.24, 2.45) is 0 Å². The van der Waals surface area contributed by atoms with Gasteiger partial charge in [-0.25, -0.2) is 0 Å². The van der Waals surface area contributed by atoms with Gasteiger partial charge in [-0.15, -0.1) is 0 Å². The molecule has 7 aromatic rings. The average molecular weight is 893 g/mol. The Morgan fingerprint density at radius 2 is 1.13 bits per heavy atom. The van der Waals surface area contributed by atoms with Crippen molar-refractivity contribution in [1.82, 2.24) is 4.98 Å². The predicted molar refractivity (Wildman–Crippen MR) is 292 cm³/mol. The molecule has 4 heterocycles. The summed E-state index contributed by atoms with van der Waals surface area (Å²) in [5.74, 6) is 0. The molecule has 2 atom stereocenters. The van der Waals surface area contributed by atoms with Crippen LogP contribution in [0, 0.1) is 13.8 Å². The molecule has 0 radical (unpaired) electrons. The Labute approximate surface area is 407 Å². The Bertz CT molecular complexity index is 3150. The van der Waals surface area contributed by atoms with Crippen LogP contribution in [0.2, 0.25) is 0 Å². The zero-order chi connectivity index (χ0) is 47.9. The van der Waals surface area contributed by atoms with Gasteiger partial charge in [0.05, 0.1) is 11.2 Å². The number of hydrogen-bond acceptors (Lipinski definition) is 4.